The third-order valence-corrected chi connectivity index (χ3v) is 3.66. The summed E-state index contributed by atoms with van der Waals surface area (Å²) in [5, 5.41) is 2.93. The molecule has 0 saturated carbocycles. The molecular weight excluding hydrogens is 240 g/mol. The average molecular weight is 263 g/mol. The molecule has 1 fully saturated rings. The average Bonchev–Trinajstić information content (AvgIpc) is 2.35. The quantitative estimate of drug-likeness (QED) is 0.576. The molecule has 5 heteroatoms. The normalized spacial score (nSPS) is 18.1. The fourth-order valence-corrected chi connectivity index (χ4v) is 1.75. The number of morpholine rings is 1. The topological polar surface area (TPSA) is 41.6 Å². The second kappa shape index (κ2) is 7.19. The lowest BCUT2D eigenvalue weighted by Gasteiger charge is -2.26. The number of halogens is 1. The zero-order chi connectivity index (χ0) is 12.7. The van der Waals surface area contributed by atoms with E-state index >= 15 is 0 Å². The molecule has 1 N–H and O–H groups in total. The summed E-state index contributed by atoms with van der Waals surface area (Å²) >= 11 is 5.74. The lowest BCUT2D eigenvalue weighted by molar-refractivity contribution is -0.128. The summed E-state index contributed by atoms with van der Waals surface area (Å²) in [6.45, 7) is 9.11. The van der Waals surface area contributed by atoms with E-state index in [1.807, 2.05) is 13.8 Å². The maximum Gasteiger partial charge on any atom is 0.226 e. The number of alkyl halides is 1. The first-order valence-electron chi connectivity index (χ1n) is 6.20. The Morgan fingerprint density at radius 2 is 2.06 bits per heavy atom. The molecule has 0 unspecified atom stereocenters. The van der Waals surface area contributed by atoms with Crippen LogP contribution in [0.5, 0.6) is 0 Å². The van der Waals surface area contributed by atoms with Gasteiger partial charge in [0.05, 0.1) is 18.6 Å². The van der Waals surface area contributed by atoms with Crippen molar-refractivity contribution < 1.29 is 9.53 Å². The molecule has 1 aliphatic rings. The Labute approximate surface area is 109 Å². The smallest absolute Gasteiger partial charge is 0.226 e. The highest BCUT2D eigenvalue weighted by atomic mass is 35.5. The van der Waals surface area contributed by atoms with E-state index in [-0.39, 0.29) is 5.91 Å². The van der Waals surface area contributed by atoms with Gasteiger partial charge in [-0.25, -0.2) is 0 Å². The maximum atomic E-state index is 11.7. The minimum Gasteiger partial charge on any atom is -0.379 e. The molecule has 0 aliphatic carbocycles. The van der Waals surface area contributed by atoms with Crippen LogP contribution < -0.4 is 5.32 Å². The number of carbonyl (C=O) groups is 1. The molecule has 0 radical (unpaired) electrons. The van der Waals surface area contributed by atoms with Crippen LogP contribution in [0, 0.1) is 5.41 Å². The summed E-state index contributed by atoms with van der Waals surface area (Å²) in [5.74, 6) is 0.386. The van der Waals surface area contributed by atoms with Gasteiger partial charge in [-0.15, -0.1) is 11.6 Å². The summed E-state index contributed by atoms with van der Waals surface area (Å²) in [4.78, 5) is 14.1. The minimum absolute atomic E-state index is 0.0366. The predicted molar refractivity (Wildman–Crippen MR) is 69.4 cm³/mol. The molecule has 1 rings (SSSR count). The SMILES string of the molecule is CC(C)(CCl)C(=O)NCCCN1CCOCC1. The molecule has 0 spiro atoms. The van der Waals surface area contributed by atoms with Gasteiger partial charge < -0.3 is 10.1 Å². The van der Waals surface area contributed by atoms with Crippen molar-refractivity contribution in [2.24, 2.45) is 5.41 Å². The standard InChI is InChI=1S/C12H23ClN2O2/c1-12(2,10-13)11(16)14-4-3-5-15-6-8-17-9-7-15/h3-10H2,1-2H3,(H,14,16). The molecule has 1 saturated heterocycles. The molecule has 0 atom stereocenters. The van der Waals surface area contributed by atoms with Crippen LogP contribution in [0.1, 0.15) is 20.3 Å². The van der Waals surface area contributed by atoms with Gasteiger partial charge in [0.2, 0.25) is 5.91 Å². The second-order valence-corrected chi connectivity index (χ2v) is 5.35. The Hall–Kier alpha value is -0.320. The van der Waals surface area contributed by atoms with Crippen LogP contribution >= 0.6 is 11.6 Å². The first-order valence-corrected chi connectivity index (χ1v) is 6.74. The van der Waals surface area contributed by atoms with Crippen molar-refractivity contribution in [3.8, 4) is 0 Å². The Morgan fingerprint density at radius 3 is 2.65 bits per heavy atom. The molecule has 17 heavy (non-hydrogen) atoms. The molecule has 0 aromatic rings. The van der Waals surface area contributed by atoms with Crippen LogP contribution in [0.15, 0.2) is 0 Å². The predicted octanol–water partition coefficient (Wildman–Crippen LogP) is 1.09. The number of ether oxygens (including phenoxy) is 1. The number of amides is 1. The van der Waals surface area contributed by atoms with E-state index in [2.05, 4.69) is 10.2 Å². The zero-order valence-corrected chi connectivity index (χ0v) is 11.6. The highest BCUT2D eigenvalue weighted by molar-refractivity contribution is 6.19. The Kier molecular flexibility index (Phi) is 6.23. The van der Waals surface area contributed by atoms with Crippen LogP contribution in [0.3, 0.4) is 0 Å². The molecule has 1 aliphatic heterocycles. The molecule has 1 amide bonds. The number of nitrogens with one attached hydrogen (secondary N) is 1. The van der Waals surface area contributed by atoms with E-state index in [4.69, 9.17) is 16.3 Å². The van der Waals surface area contributed by atoms with Crippen LogP contribution in [0.2, 0.25) is 0 Å². The van der Waals surface area contributed by atoms with Crippen LogP contribution in [-0.4, -0.2) is 56.1 Å². The molecule has 4 nitrogen and oxygen atoms in total. The lowest BCUT2D eigenvalue weighted by Crippen LogP contribution is -2.41. The molecule has 0 aromatic heterocycles. The van der Waals surface area contributed by atoms with Gasteiger partial charge in [0.25, 0.3) is 0 Å². The van der Waals surface area contributed by atoms with Crippen LogP contribution in [0.25, 0.3) is 0 Å². The van der Waals surface area contributed by atoms with Crippen molar-refractivity contribution in [3.05, 3.63) is 0 Å². The van der Waals surface area contributed by atoms with Gasteiger partial charge >= 0.3 is 0 Å². The summed E-state index contributed by atoms with van der Waals surface area (Å²) < 4.78 is 5.28. The number of hydrogen-bond donors (Lipinski definition) is 1. The lowest BCUT2D eigenvalue weighted by atomic mass is 9.95. The highest BCUT2D eigenvalue weighted by Gasteiger charge is 2.25. The van der Waals surface area contributed by atoms with E-state index < -0.39 is 5.41 Å². The van der Waals surface area contributed by atoms with Gasteiger partial charge in [-0.05, 0) is 26.8 Å². The van der Waals surface area contributed by atoms with Gasteiger partial charge in [0.15, 0.2) is 0 Å². The van der Waals surface area contributed by atoms with Crippen molar-refractivity contribution in [2.45, 2.75) is 20.3 Å². The number of carbonyl (C=O) groups excluding carboxylic acids is 1. The van der Waals surface area contributed by atoms with Crippen molar-refractivity contribution in [3.63, 3.8) is 0 Å². The molecule has 100 valence electrons. The Bertz CT molecular complexity index is 241. The number of rotatable bonds is 6. The van der Waals surface area contributed by atoms with Gasteiger partial charge in [-0.3, -0.25) is 9.69 Å². The van der Waals surface area contributed by atoms with E-state index in [0.29, 0.717) is 5.88 Å². The third-order valence-electron chi connectivity index (χ3n) is 2.99. The monoisotopic (exact) mass is 262 g/mol. The largest absolute Gasteiger partial charge is 0.379 e. The molecule has 0 aromatic carbocycles. The highest BCUT2D eigenvalue weighted by Crippen LogP contribution is 2.16. The maximum absolute atomic E-state index is 11.7. The fraction of sp³-hybridized carbons (Fsp3) is 0.917. The van der Waals surface area contributed by atoms with Crippen LogP contribution in [0.4, 0.5) is 0 Å². The van der Waals surface area contributed by atoms with E-state index in [1.54, 1.807) is 0 Å². The first-order chi connectivity index (χ1) is 8.06. The third kappa shape index (κ3) is 5.23. The first kappa shape index (κ1) is 14.7. The summed E-state index contributed by atoms with van der Waals surface area (Å²) in [7, 11) is 0. The fourth-order valence-electron chi connectivity index (χ4n) is 1.63. The molecule has 0 bridgehead atoms. The molecule has 1 heterocycles. The van der Waals surface area contributed by atoms with Crippen molar-refractivity contribution in [1.82, 2.24) is 10.2 Å². The van der Waals surface area contributed by atoms with Crippen molar-refractivity contribution >= 4 is 17.5 Å². The summed E-state index contributed by atoms with van der Waals surface area (Å²) in [6, 6.07) is 0. The van der Waals surface area contributed by atoms with E-state index in [9.17, 15) is 4.79 Å². The Balaban J connectivity index is 2.09. The van der Waals surface area contributed by atoms with E-state index in [0.717, 1.165) is 45.8 Å². The van der Waals surface area contributed by atoms with Gasteiger partial charge in [0.1, 0.15) is 0 Å². The Morgan fingerprint density at radius 1 is 1.41 bits per heavy atom. The van der Waals surface area contributed by atoms with Gasteiger partial charge in [0, 0.05) is 25.5 Å². The number of hydrogen-bond acceptors (Lipinski definition) is 3. The minimum atomic E-state index is -0.472. The summed E-state index contributed by atoms with van der Waals surface area (Å²) in [5.41, 5.74) is -0.472. The van der Waals surface area contributed by atoms with Gasteiger partial charge in [-0.1, -0.05) is 0 Å². The molecular formula is C12H23ClN2O2. The van der Waals surface area contributed by atoms with Crippen LogP contribution in [-0.2, 0) is 9.53 Å². The van der Waals surface area contributed by atoms with E-state index in [1.165, 1.54) is 0 Å². The van der Waals surface area contributed by atoms with Crippen molar-refractivity contribution in [2.75, 3.05) is 45.3 Å². The zero-order valence-electron chi connectivity index (χ0n) is 10.8. The van der Waals surface area contributed by atoms with Crippen molar-refractivity contribution in [1.29, 1.82) is 0 Å². The van der Waals surface area contributed by atoms with Gasteiger partial charge in [-0.2, -0.15) is 0 Å². The summed E-state index contributed by atoms with van der Waals surface area (Å²) in [6.07, 6.45) is 0.976. The second-order valence-electron chi connectivity index (χ2n) is 5.08. The number of nitrogens with zero attached hydrogens (tertiary/aromatic N) is 1.